The van der Waals surface area contributed by atoms with Gasteiger partial charge in [-0.3, -0.25) is 4.79 Å². The number of nitrogens with zero attached hydrogens (tertiary/aromatic N) is 2. The smallest absolute Gasteiger partial charge is 0.294 e. The number of carbonyl (C=O) groups excluding carboxylic acids is 1. The lowest BCUT2D eigenvalue weighted by Gasteiger charge is -2.21. The molecule has 0 spiro atoms. The normalized spacial score (nSPS) is 19.8. The van der Waals surface area contributed by atoms with E-state index in [0.29, 0.717) is 12.1 Å². The molecule has 2 rings (SSSR count). The van der Waals surface area contributed by atoms with Gasteiger partial charge >= 0.3 is 12.4 Å². The Morgan fingerprint density at radius 2 is 1.68 bits per heavy atom. The Hall–Kier alpha value is -2.19. The van der Waals surface area contributed by atoms with E-state index in [4.69, 9.17) is 0 Å². The molecule has 1 aliphatic carbocycles. The van der Waals surface area contributed by atoms with Gasteiger partial charge < -0.3 is 0 Å². The van der Waals surface area contributed by atoms with E-state index >= 15 is 0 Å². The van der Waals surface area contributed by atoms with Crippen LogP contribution in [0.4, 0.5) is 26.3 Å². The summed E-state index contributed by atoms with van der Waals surface area (Å²) in [7, 11) is 0. The van der Waals surface area contributed by atoms with Crippen LogP contribution in [-0.4, -0.2) is 21.9 Å². The maximum Gasteiger partial charge on any atom is 0.433 e. The van der Waals surface area contributed by atoms with Crippen LogP contribution >= 0.6 is 0 Å². The Kier molecular flexibility index (Phi) is 3.84. The summed E-state index contributed by atoms with van der Waals surface area (Å²) in [6.07, 6.45) is -7.34. The summed E-state index contributed by atoms with van der Waals surface area (Å²) in [6, 6.07) is 0.589. The molecule has 0 bridgehead atoms. The Balaban J connectivity index is 2.51. The Bertz CT molecular complexity index is 672. The van der Waals surface area contributed by atoms with Crippen LogP contribution in [0.2, 0.25) is 0 Å². The minimum atomic E-state index is -4.77. The highest BCUT2D eigenvalue weighted by Crippen LogP contribution is 2.37. The van der Waals surface area contributed by atoms with Gasteiger partial charge in [-0.05, 0) is 18.2 Å². The van der Waals surface area contributed by atoms with Crippen molar-refractivity contribution in [1.29, 1.82) is 0 Å². The molecule has 0 fully saturated rings. The van der Waals surface area contributed by atoms with Crippen molar-refractivity contribution in [2.45, 2.75) is 19.3 Å². The summed E-state index contributed by atoms with van der Waals surface area (Å²) in [4.78, 5) is 18.3. The Labute approximate surface area is 120 Å². The molecular weight excluding hydrogens is 314 g/mol. The average molecular weight is 322 g/mol. The molecule has 1 atom stereocenters. The van der Waals surface area contributed by atoms with Gasteiger partial charge in [-0.15, -0.1) is 0 Å². The average Bonchev–Trinajstić information content (AvgIpc) is 2.39. The molecular formula is C13H8F6N2O. The number of halogens is 6. The molecule has 1 aromatic rings. The summed E-state index contributed by atoms with van der Waals surface area (Å²) in [5.41, 5.74) is -2.84. The lowest BCUT2D eigenvalue weighted by atomic mass is 9.88. The van der Waals surface area contributed by atoms with Gasteiger partial charge in [0.25, 0.3) is 0 Å². The van der Waals surface area contributed by atoms with Crippen molar-refractivity contribution in [3.8, 4) is 0 Å². The fourth-order valence-electron chi connectivity index (χ4n) is 1.88. The van der Waals surface area contributed by atoms with Gasteiger partial charge in [0.05, 0.1) is 0 Å². The molecule has 0 N–H and O–H groups in total. The standard InChI is InChI=1S/C13H8F6N2O/c1-6-8(12(14,15)16)4-7(5-9(6)22)11-20-3-2-10(21-11)13(17,18)19/h2-6H,1H3. The van der Waals surface area contributed by atoms with Crippen molar-refractivity contribution in [3.63, 3.8) is 0 Å². The van der Waals surface area contributed by atoms with E-state index in [1.165, 1.54) is 0 Å². The molecule has 1 aromatic heterocycles. The maximum absolute atomic E-state index is 12.9. The van der Waals surface area contributed by atoms with E-state index in [9.17, 15) is 31.1 Å². The fraction of sp³-hybridized carbons (Fsp3) is 0.308. The SMILES string of the molecule is CC1C(=O)C=C(c2nccc(C(F)(F)F)n2)C=C1C(F)(F)F. The molecule has 0 saturated carbocycles. The molecule has 1 unspecified atom stereocenters. The van der Waals surface area contributed by atoms with Gasteiger partial charge in [-0.25, -0.2) is 9.97 Å². The first-order chi connectivity index (χ1) is 10.00. The lowest BCUT2D eigenvalue weighted by Crippen LogP contribution is -2.26. The number of hydrogen-bond acceptors (Lipinski definition) is 3. The van der Waals surface area contributed by atoms with Crippen molar-refractivity contribution in [2.24, 2.45) is 5.92 Å². The first-order valence-electron chi connectivity index (χ1n) is 5.95. The predicted molar refractivity (Wildman–Crippen MR) is 63.3 cm³/mol. The lowest BCUT2D eigenvalue weighted by molar-refractivity contribution is -0.141. The highest BCUT2D eigenvalue weighted by atomic mass is 19.4. The quantitative estimate of drug-likeness (QED) is 0.742. The molecule has 1 heterocycles. The summed E-state index contributed by atoms with van der Waals surface area (Å²) in [5.74, 6) is -2.88. The first-order valence-corrected chi connectivity index (χ1v) is 5.95. The fourth-order valence-corrected chi connectivity index (χ4v) is 1.88. The molecule has 0 saturated heterocycles. The van der Waals surface area contributed by atoms with E-state index in [0.717, 1.165) is 19.2 Å². The van der Waals surface area contributed by atoms with Gasteiger partial charge in [0, 0.05) is 23.3 Å². The van der Waals surface area contributed by atoms with Crippen LogP contribution in [-0.2, 0) is 11.0 Å². The predicted octanol–water partition coefficient (Wildman–Crippen LogP) is 3.59. The monoisotopic (exact) mass is 322 g/mol. The zero-order valence-electron chi connectivity index (χ0n) is 11.0. The molecule has 0 radical (unpaired) electrons. The van der Waals surface area contributed by atoms with Crippen LogP contribution in [0.15, 0.2) is 30.0 Å². The van der Waals surface area contributed by atoms with Crippen LogP contribution in [0.1, 0.15) is 18.4 Å². The van der Waals surface area contributed by atoms with Crippen LogP contribution < -0.4 is 0 Å². The minimum absolute atomic E-state index is 0.401. The summed E-state index contributed by atoms with van der Waals surface area (Å²) >= 11 is 0. The molecule has 3 nitrogen and oxygen atoms in total. The van der Waals surface area contributed by atoms with Crippen molar-refractivity contribution < 1.29 is 31.1 Å². The van der Waals surface area contributed by atoms with Crippen molar-refractivity contribution in [2.75, 3.05) is 0 Å². The molecule has 0 aliphatic heterocycles. The summed E-state index contributed by atoms with van der Waals surface area (Å²) < 4.78 is 76.3. The van der Waals surface area contributed by atoms with Crippen LogP contribution in [0.5, 0.6) is 0 Å². The van der Waals surface area contributed by atoms with Crippen LogP contribution in [0.3, 0.4) is 0 Å². The Morgan fingerprint density at radius 3 is 2.23 bits per heavy atom. The van der Waals surface area contributed by atoms with Crippen molar-refractivity contribution >= 4 is 11.4 Å². The van der Waals surface area contributed by atoms with Crippen molar-refractivity contribution in [1.82, 2.24) is 9.97 Å². The maximum atomic E-state index is 12.9. The van der Waals surface area contributed by atoms with E-state index < -0.39 is 46.7 Å². The third-order valence-electron chi connectivity index (χ3n) is 3.03. The number of hydrogen-bond donors (Lipinski definition) is 0. The van der Waals surface area contributed by atoms with E-state index in [1.54, 1.807) is 0 Å². The second-order valence-electron chi connectivity index (χ2n) is 4.58. The zero-order valence-corrected chi connectivity index (χ0v) is 11.0. The van der Waals surface area contributed by atoms with Gasteiger partial charge in [0.15, 0.2) is 11.6 Å². The highest BCUT2D eigenvalue weighted by molar-refractivity contribution is 6.03. The van der Waals surface area contributed by atoms with Gasteiger partial charge in [-0.1, -0.05) is 6.92 Å². The van der Waals surface area contributed by atoms with E-state index in [1.807, 2.05) is 0 Å². The van der Waals surface area contributed by atoms with Crippen LogP contribution in [0, 0.1) is 5.92 Å². The molecule has 0 aromatic carbocycles. The second-order valence-corrected chi connectivity index (χ2v) is 4.58. The van der Waals surface area contributed by atoms with Crippen LogP contribution in [0.25, 0.3) is 5.57 Å². The van der Waals surface area contributed by atoms with Gasteiger partial charge in [-0.2, -0.15) is 26.3 Å². The van der Waals surface area contributed by atoms with Gasteiger partial charge in [0.1, 0.15) is 5.69 Å². The van der Waals surface area contributed by atoms with E-state index in [2.05, 4.69) is 9.97 Å². The van der Waals surface area contributed by atoms with Gasteiger partial charge in [0.2, 0.25) is 0 Å². The number of allylic oxidation sites excluding steroid dienone is 4. The highest BCUT2D eigenvalue weighted by Gasteiger charge is 2.41. The number of alkyl halides is 6. The number of rotatable bonds is 1. The Morgan fingerprint density at radius 1 is 1.05 bits per heavy atom. The molecule has 0 amide bonds. The molecule has 118 valence electrons. The summed E-state index contributed by atoms with van der Waals surface area (Å²) in [6.45, 7) is 1.07. The first kappa shape index (κ1) is 16.2. The summed E-state index contributed by atoms with van der Waals surface area (Å²) in [5, 5.41) is 0. The molecule has 22 heavy (non-hydrogen) atoms. The third-order valence-corrected chi connectivity index (χ3v) is 3.03. The number of aromatic nitrogens is 2. The molecule has 1 aliphatic rings. The minimum Gasteiger partial charge on any atom is -0.294 e. The largest absolute Gasteiger partial charge is 0.433 e. The van der Waals surface area contributed by atoms with E-state index in [-0.39, 0.29) is 0 Å². The topological polar surface area (TPSA) is 42.9 Å². The third kappa shape index (κ3) is 3.18. The zero-order chi connectivity index (χ0) is 16.7. The number of ketones is 1. The number of carbonyl (C=O) groups is 1. The van der Waals surface area contributed by atoms with Crippen molar-refractivity contribution in [3.05, 3.63) is 41.5 Å². The molecule has 9 heteroatoms. The second kappa shape index (κ2) is 5.22.